The number of aryl methyl sites for hydroxylation is 1. The van der Waals surface area contributed by atoms with E-state index in [1.807, 2.05) is 0 Å². The first-order valence-electron chi connectivity index (χ1n) is 6.19. The van der Waals surface area contributed by atoms with E-state index < -0.39 is 0 Å². The summed E-state index contributed by atoms with van der Waals surface area (Å²) in [6.07, 6.45) is 2.95. The third-order valence-corrected chi connectivity index (χ3v) is 4.05. The van der Waals surface area contributed by atoms with Gasteiger partial charge in [-0.1, -0.05) is 15.9 Å². The maximum atomic E-state index is 11.1. The Hall–Kier alpha value is -1.29. The second-order valence-electron chi connectivity index (χ2n) is 4.91. The Labute approximate surface area is 114 Å². The number of hydrogen-bond acceptors (Lipinski definition) is 1. The van der Waals surface area contributed by atoms with E-state index in [1.54, 1.807) is 6.92 Å². The number of hydrogen-bond donors (Lipinski definition) is 2. The van der Waals surface area contributed by atoms with Crippen LogP contribution in [0.2, 0.25) is 0 Å². The van der Waals surface area contributed by atoms with Gasteiger partial charge in [0.25, 0.3) is 0 Å². The van der Waals surface area contributed by atoms with Crippen molar-refractivity contribution < 1.29 is 4.79 Å². The lowest BCUT2D eigenvalue weighted by Crippen LogP contribution is -2.37. The summed E-state index contributed by atoms with van der Waals surface area (Å²) in [4.78, 5) is 14.6. The molecule has 1 aliphatic carbocycles. The fourth-order valence-electron chi connectivity index (χ4n) is 2.81. The summed E-state index contributed by atoms with van der Waals surface area (Å²) in [6.45, 7) is 1.58. The smallest absolute Gasteiger partial charge is 0.217 e. The van der Waals surface area contributed by atoms with Gasteiger partial charge in [0.1, 0.15) is 0 Å². The zero-order valence-corrected chi connectivity index (χ0v) is 11.8. The van der Waals surface area contributed by atoms with Gasteiger partial charge in [-0.15, -0.1) is 0 Å². The van der Waals surface area contributed by atoms with Crippen LogP contribution < -0.4 is 5.32 Å². The summed E-state index contributed by atoms with van der Waals surface area (Å²) < 4.78 is 1.11. The van der Waals surface area contributed by atoms with E-state index in [1.165, 1.54) is 22.2 Å². The molecular formula is C14H15BrN2O. The Morgan fingerprint density at radius 1 is 1.50 bits per heavy atom. The number of halogens is 1. The summed E-state index contributed by atoms with van der Waals surface area (Å²) in [7, 11) is 0. The summed E-state index contributed by atoms with van der Waals surface area (Å²) in [5, 5.41) is 4.32. The van der Waals surface area contributed by atoms with Crippen molar-refractivity contribution in [3.8, 4) is 0 Å². The normalized spacial score (nSPS) is 18.7. The second kappa shape index (κ2) is 4.43. The quantitative estimate of drug-likeness (QED) is 0.836. The average Bonchev–Trinajstić information content (AvgIpc) is 2.65. The minimum Gasteiger partial charge on any atom is -0.358 e. The maximum absolute atomic E-state index is 11.1. The van der Waals surface area contributed by atoms with Gasteiger partial charge in [-0.25, -0.2) is 0 Å². The van der Waals surface area contributed by atoms with Crippen molar-refractivity contribution in [1.29, 1.82) is 0 Å². The summed E-state index contributed by atoms with van der Waals surface area (Å²) in [5.41, 5.74) is 3.87. The molecular weight excluding hydrogens is 292 g/mol. The van der Waals surface area contributed by atoms with Crippen molar-refractivity contribution in [2.24, 2.45) is 0 Å². The van der Waals surface area contributed by atoms with Crippen LogP contribution in [0.4, 0.5) is 0 Å². The fraction of sp³-hybridized carbons (Fsp3) is 0.357. The summed E-state index contributed by atoms with van der Waals surface area (Å²) >= 11 is 3.52. The highest BCUT2D eigenvalue weighted by atomic mass is 79.9. The molecule has 3 rings (SSSR count). The van der Waals surface area contributed by atoms with E-state index in [9.17, 15) is 4.79 Å². The van der Waals surface area contributed by atoms with E-state index in [-0.39, 0.29) is 11.9 Å². The van der Waals surface area contributed by atoms with E-state index in [0.29, 0.717) is 0 Å². The third-order valence-electron chi connectivity index (χ3n) is 3.56. The van der Waals surface area contributed by atoms with Gasteiger partial charge in [0, 0.05) is 40.5 Å². The van der Waals surface area contributed by atoms with Gasteiger partial charge in [0.2, 0.25) is 5.91 Å². The maximum Gasteiger partial charge on any atom is 0.217 e. The van der Waals surface area contributed by atoms with E-state index in [0.717, 1.165) is 23.7 Å². The predicted octanol–water partition coefficient (Wildman–Crippen LogP) is 2.92. The summed E-state index contributed by atoms with van der Waals surface area (Å²) in [5.74, 6) is 0.0577. The molecule has 94 valence electrons. The molecule has 1 amide bonds. The Kier molecular flexibility index (Phi) is 2.90. The van der Waals surface area contributed by atoms with Crippen LogP contribution in [0.1, 0.15) is 24.6 Å². The number of nitrogens with one attached hydrogen (secondary N) is 2. The molecule has 1 aromatic carbocycles. The molecule has 1 atom stereocenters. The SMILES string of the molecule is CC(=O)NC1CCc2c([nH]c3ccc(Br)cc23)C1. The Balaban J connectivity index is 1.97. The average molecular weight is 307 g/mol. The lowest BCUT2D eigenvalue weighted by Gasteiger charge is -2.22. The van der Waals surface area contributed by atoms with Crippen LogP contribution >= 0.6 is 15.9 Å². The number of amides is 1. The third kappa shape index (κ3) is 2.05. The van der Waals surface area contributed by atoms with Gasteiger partial charge in [0.15, 0.2) is 0 Å². The molecule has 2 N–H and O–H groups in total. The van der Waals surface area contributed by atoms with Crippen LogP contribution in [0.5, 0.6) is 0 Å². The molecule has 1 unspecified atom stereocenters. The number of H-pyrrole nitrogens is 1. The highest BCUT2D eigenvalue weighted by Crippen LogP contribution is 2.30. The molecule has 0 aliphatic heterocycles. The number of carbonyl (C=O) groups excluding carboxylic acids is 1. The van der Waals surface area contributed by atoms with Crippen LogP contribution in [0.15, 0.2) is 22.7 Å². The highest BCUT2D eigenvalue weighted by molar-refractivity contribution is 9.10. The lowest BCUT2D eigenvalue weighted by atomic mass is 9.92. The molecule has 0 saturated carbocycles. The van der Waals surface area contributed by atoms with E-state index >= 15 is 0 Å². The first-order chi connectivity index (χ1) is 8.63. The van der Waals surface area contributed by atoms with Gasteiger partial charge in [-0.2, -0.15) is 0 Å². The molecule has 0 bridgehead atoms. The van der Waals surface area contributed by atoms with Crippen LogP contribution in [0.25, 0.3) is 10.9 Å². The lowest BCUT2D eigenvalue weighted by molar-refractivity contribution is -0.119. The van der Waals surface area contributed by atoms with E-state index in [4.69, 9.17) is 0 Å². The number of carbonyl (C=O) groups is 1. The molecule has 1 heterocycles. The topological polar surface area (TPSA) is 44.9 Å². The minimum absolute atomic E-state index is 0.0577. The number of benzene rings is 1. The molecule has 2 aromatic rings. The van der Waals surface area contributed by atoms with E-state index in [2.05, 4.69) is 44.4 Å². The Morgan fingerprint density at radius 3 is 3.11 bits per heavy atom. The van der Waals surface area contributed by atoms with Gasteiger partial charge < -0.3 is 10.3 Å². The highest BCUT2D eigenvalue weighted by Gasteiger charge is 2.22. The van der Waals surface area contributed by atoms with Crippen molar-refractivity contribution in [3.05, 3.63) is 33.9 Å². The van der Waals surface area contributed by atoms with Crippen molar-refractivity contribution in [2.45, 2.75) is 32.2 Å². The molecule has 0 saturated heterocycles. The Bertz CT molecular complexity index is 618. The number of aromatic nitrogens is 1. The number of rotatable bonds is 1. The monoisotopic (exact) mass is 306 g/mol. The van der Waals surface area contributed by atoms with Crippen molar-refractivity contribution in [2.75, 3.05) is 0 Å². The molecule has 4 heteroatoms. The van der Waals surface area contributed by atoms with Crippen LogP contribution in [0, 0.1) is 0 Å². The van der Waals surface area contributed by atoms with Gasteiger partial charge >= 0.3 is 0 Å². The molecule has 0 spiro atoms. The first kappa shape index (κ1) is 11.8. The molecule has 0 fully saturated rings. The summed E-state index contributed by atoms with van der Waals surface area (Å²) in [6, 6.07) is 6.59. The van der Waals surface area contributed by atoms with Crippen molar-refractivity contribution in [3.63, 3.8) is 0 Å². The standard InChI is InChI=1S/C14H15BrN2O/c1-8(18)16-10-3-4-11-12-6-9(15)2-5-13(12)17-14(11)7-10/h2,5-6,10,17H,3-4,7H2,1H3,(H,16,18). The number of aromatic amines is 1. The first-order valence-corrected chi connectivity index (χ1v) is 6.99. The molecule has 1 aromatic heterocycles. The number of fused-ring (bicyclic) bond motifs is 3. The molecule has 0 radical (unpaired) electrons. The van der Waals surface area contributed by atoms with Crippen LogP contribution in [0.3, 0.4) is 0 Å². The van der Waals surface area contributed by atoms with Crippen LogP contribution in [-0.4, -0.2) is 16.9 Å². The molecule has 1 aliphatic rings. The predicted molar refractivity (Wildman–Crippen MR) is 75.6 cm³/mol. The molecule has 3 nitrogen and oxygen atoms in total. The van der Waals surface area contributed by atoms with Crippen LogP contribution in [-0.2, 0) is 17.6 Å². The van der Waals surface area contributed by atoms with Gasteiger partial charge in [-0.3, -0.25) is 4.79 Å². The fourth-order valence-corrected chi connectivity index (χ4v) is 3.17. The Morgan fingerprint density at radius 2 is 2.33 bits per heavy atom. The van der Waals surface area contributed by atoms with Crippen molar-refractivity contribution >= 4 is 32.7 Å². The minimum atomic E-state index is 0.0577. The zero-order valence-electron chi connectivity index (χ0n) is 10.2. The largest absolute Gasteiger partial charge is 0.358 e. The van der Waals surface area contributed by atoms with Gasteiger partial charge in [-0.05, 0) is 36.6 Å². The molecule has 18 heavy (non-hydrogen) atoms. The van der Waals surface area contributed by atoms with Gasteiger partial charge in [0.05, 0.1) is 0 Å². The van der Waals surface area contributed by atoms with Crippen molar-refractivity contribution in [1.82, 2.24) is 10.3 Å². The zero-order chi connectivity index (χ0) is 12.7. The second-order valence-corrected chi connectivity index (χ2v) is 5.83.